The minimum absolute atomic E-state index is 0.0740. The molecule has 0 saturated heterocycles. The number of benzene rings is 3. The van der Waals surface area contributed by atoms with Gasteiger partial charge in [0.25, 0.3) is 0 Å². The largest absolute Gasteiger partial charge is 0.449 e. The Morgan fingerprint density at radius 1 is 0.420 bits per heavy atom. The van der Waals surface area contributed by atoms with Crippen LogP contribution < -0.4 is 42.6 Å². The predicted molar refractivity (Wildman–Crippen MR) is 171 cm³/mol. The molecule has 50 heavy (non-hydrogen) atoms. The van der Waals surface area contributed by atoms with E-state index in [4.69, 9.17) is 54.2 Å². The number of esters is 7. The first-order chi connectivity index (χ1) is 23.3. The van der Waals surface area contributed by atoms with Crippen LogP contribution in [-0.4, -0.2) is 41.8 Å². The zero-order valence-corrected chi connectivity index (χ0v) is 29.5. The lowest BCUT2D eigenvalue weighted by molar-refractivity contribution is -0.133. The molecular formula is C32H26BrClO16. The molecule has 0 spiro atoms. The Kier molecular flexibility index (Phi) is 12.9. The molecule has 0 heterocycles. The molecule has 18 heteroatoms. The second-order valence-corrected chi connectivity index (χ2v) is 10.9. The first kappa shape index (κ1) is 38.8. The van der Waals surface area contributed by atoms with Gasteiger partial charge in [0.05, 0.1) is 0 Å². The predicted octanol–water partition coefficient (Wildman–Crippen LogP) is 6.16. The first-order valence-electron chi connectivity index (χ1n) is 13.9. The minimum Gasteiger partial charge on any atom is -0.449 e. The van der Waals surface area contributed by atoms with E-state index < -0.39 is 81.3 Å². The van der Waals surface area contributed by atoms with Gasteiger partial charge < -0.3 is 42.6 Å². The summed E-state index contributed by atoms with van der Waals surface area (Å²) in [6.45, 7) is 7.47. The number of ether oxygens (including phenoxy) is 9. The van der Waals surface area contributed by atoms with Crippen molar-refractivity contribution < 1.29 is 76.2 Å². The highest BCUT2D eigenvalue weighted by Crippen LogP contribution is 2.52. The third kappa shape index (κ3) is 10.7. The molecule has 0 amide bonds. The van der Waals surface area contributed by atoms with Crippen molar-refractivity contribution in [1.82, 2.24) is 0 Å². The van der Waals surface area contributed by atoms with Crippen LogP contribution in [0.15, 0.2) is 34.8 Å². The van der Waals surface area contributed by atoms with Crippen LogP contribution in [0.4, 0.5) is 0 Å². The molecule has 16 nitrogen and oxygen atoms in total. The fourth-order valence-corrected chi connectivity index (χ4v) is 4.45. The van der Waals surface area contributed by atoms with Gasteiger partial charge in [-0.3, -0.25) is 33.6 Å². The van der Waals surface area contributed by atoms with Crippen LogP contribution in [0.25, 0.3) is 0 Å². The smallest absolute Gasteiger partial charge is 0.308 e. The zero-order chi connectivity index (χ0) is 37.4. The number of rotatable bonds is 11. The monoisotopic (exact) mass is 780 g/mol. The molecule has 3 aromatic rings. The highest BCUT2D eigenvalue weighted by atomic mass is 79.9. The highest BCUT2D eigenvalue weighted by molar-refractivity contribution is 9.10. The third-order valence-corrected chi connectivity index (χ3v) is 6.43. The van der Waals surface area contributed by atoms with Gasteiger partial charge in [-0.2, -0.15) is 0 Å². The Morgan fingerprint density at radius 2 is 0.720 bits per heavy atom. The van der Waals surface area contributed by atoms with Gasteiger partial charge >= 0.3 is 41.8 Å². The van der Waals surface area contributed by atoms with Crippen molar-refractivity contribution in [3.05, 3.63) is 39.8 Å². The highest BCUT2D eigenvalue weighted by Gasteiger charge is 2.28. The van der Waals surface area contributed by atoms with Gasteiger partial charge in [0.1, 0.15) is 21.0 Å². The fraction of sp³-hybridized carbons (Fsp3) is 0.219. The first-order valence-corrected chi connectivity index (χ1v) is 15.0. The standard InChI is InChI=1S/C32H26BrClO16/c1-13(35)42-22-8-20(9-23(28(22)33)43-14(2)36)49-30-25(45-16(4)38)10-21(11-26(30)46-17(5)39)50-31-27(47-18(6)40)12-24(44-15(3)37)29(34)32(31)48-19(7)41/h8-12H,1-7H3. The van der Waals surface area contributed by atoms with Crippen molar-refractivity contribution in [2.24, 2.45) is 0 Å². The molecule has 0 atom stereocenters. The molecule has 0 radical (unpaired) electrons. The Hall–Kier alpha value is -5.68. The van der Waals surface area contributed by atoms with Crippen molar-refractivity contribution in [3.8, 4) is 63.2 Å². The van der Waals surface area contributed by atoms with E-state index in [9.17, 15) is 33.6 Å². The maximum absolute atomic E-state index is 12.2. The maximum Gasteiger partial charge on any atom is 0.308 e. The van der Waals surface area contributed by atoms with Crippen molar-refractivity contribution in [1.29, 1.82) is 0 Å². The Balaban J connectivity index is 2.31. The van der Waals surface area contributed by atoms with Gasteiger partial charge in [0, 0.05) is 78.8 Å². The molecule has 0 unspecified atom stereocenters. The molecule has 0 aliphatic carbocycles. The van der Waals surface area contributed by atoms with Crippen molar-refractivity contribution in [2.75, 3.05) is 0 Å². The quantitative estimate of drug-likeness (QED) is 0.158. The lowest BCUT2D eigenvalue weighted by Crippen LogP contribution is -2.10. The molecule has 3 aromatic carbocycles. The van der Waals surface area contributed by atoms with Crippen LogP contribution in [0.5, 0.6) is 63.2 Å². The minimum atomic E-state index is -0.911. The molecule has 0 aromatic heterocycles. The van der Waals surface area contributed by atoms with E-state index in [0.29, 0.717) is 0 Å². The van der Waals surface area contributed by atoms with E-state index in [1.807, 2.05) is 0 Å². The van der Waals surface area contributed by atoms with Crippen molar-refractivity contribution in [3.63, 3.8) is 0 Å². The van der Waals surface area contributed by atoms with Crippen LogP contribution in [-0.2, 0) is 33.6 Å². The lowest BCUT2D eigenvalue weighted by Gasteiger charge is -2.20. The fourth-order valence-electron chi connectivity index (χ4n) is 3.84. The van der Waals surface area contributed by atoms with Gasteiger partial charge in [0.2, 0.25) is 11.5 Å². The summed E-state index contributed by atoms with van der Waals surface area (Å²) in [6, 6.07) is 5.58. The molecule has 0 aliphatic rings. The molecule has 0 aliphatic heterocycles. The summed E-state index contributed by atoms with van der Waals surface area (Å²) >= 11 is 9.59. The van der Waals surface area contributed by atoms with Gasteiger partial charge in [0.15, 0.2) is 40.2 Å². The second-order valence-electron chi connectivity index (χ2n) is 9.69. The Bertz CT molecular complexity index is 1840. The molecule has 0 saturated carbocycles. The molecular weight excluding hydrogens is 756 g/mol. The molecule has 0 bridgehead atoms. The van der Waals surface area contributed by atoms with E-state index in [-0.39, 0.29) is 33.2 Å². The Labute approximate surface area is 296 Å². The summed E-state index contributed by atoms with van der Waals surface area (Å²) in [7, 11) is 0. The van der Waals surface area contributed by atoms with Crippen LogP contribution in [0.2, 0.25) is 5.02 Å². The van der Waals surface area contributed by atoms with Crippen LogP contribution in [0.1, 0.15) is 48.5 Å². The van der Waals surface area contributed by atoms with Crippen LogP contribution in [0.3, 0.4) is 0 Å². The summed E-state index contributed by atoms with van der Waals surface area (Å²) in [5, 5.41) is -0.441. The third-order valence-electron chi connectivity index (χ3n) is 5.29. The van der Waals surface area contributed by atoms with Crippen molar-refractivity contribution >= 4 is 69.3 Å². The Morgan fingerprint density at radius 3 is 1.10 bits per heavy atom. The topological polar surface area (TPSA) is 203 Å². The number of hydrogen-bond acceptors (Lipinski definition) is 16. The van der Waals surface area contributed by atoms with E-state index in [1.54, 1.807) is 0 Å². The summed E-state index contributed by atoms with van der Waals surface area (Å²) in [6.07, 6.45) is 0. The average molecular weight is 782 g/mol. The van der Waals surface area contributed by atoms with E-state index in [0.717, 1.165) is 66.7 Å². The van der Waals surface area contributed by atoms with E-state index in [1.165, 1.54) is 12.1 Å². The molecule has 0 fully saturated rings. The summed E-state index contributed by atoms with van der Waals surface area (Å²) in [5.74, 6) is -9.71. The van der Waals surface area contributed by atoms with Gasteiger partial charge in [-0.15, -0.1) is 0 Å². The SMILES string of the molecule is CC(=O)Oc1cc(OC(C)=O)c(Oc2cc(OC(C)=O)c(Oc3cc(OC(C)=O)c(Br)c(OC(C)=O)c3)c(OC(C)=O)c2)c(OC(C)=O)c1Cl. The van der Waals surface area contributed by atoms with Crippen LogP contribution >= 0.6 is 27.5 Å². The van der Waals surface area contributed by atoms with Gasteiger partial charge in [-0.1, -0.05) is 11.6 Å². The number of halogens is 2. The number of carbonyl (C=O) groups is 7. The summed E-state index contributed by atoms with van der Waals surface area (Å²) in [5.41, 5.74) is 0. The maximum atomic E-state index is 12.2. The van der Waals surface area contributed by atoms with Crippen LogP contribution in [0, 0.1) is 0 Å². The molecule has 3 rings (SSSR count). The van der Waals surface area contributed by atoms with Gasteiger partial charge in [-0.25, -0.2) is 0 Å². The van der Waals surface area contributed by atoms with E-state index in [2.05, 4.69) is 15.9 Å². The summed E-state index contributed by atoms with van der Waals surface area (Å²) in [4.78, 5) is 83.7. The van der Waals surface area contributed by atoms with Crippen molar-refractivity contribution in [2.45, 2.75) is 48.5 Å². The molecule has 0 N–H and O–H groups in total. The number of hydrogen-bond donors (Lipinski definition) is 0. The van der Waals surface area contributed by atoms with E-state index >= 15 is 0 Å². The zero-order valence-electron chi connectivity index (χ0n) is 27.2. The molecule has 264 valence electrons. The van der Waals surface area contributed by atoms with Gasteiger partial charge in [-0.05, 0) is 15.9 Å². The summed E-state index contributed by atoms with van der Waals surface area (Å²) < 4.78 is 48.5. The average Bonchev–Trinajstić information content (AvgIpc) is 2.95. The number of carbonyl (C=O) groups excluding carboxylic acids is 7. The normalized spacial score (nSPS) is 10.3. The second kappa shape index (κ2) is 16.6. The lowest BCUT2D eigenvalue weighted by atomic mass is 10.2.